The first-order valence-electron chi connectivity index (χ1n) is 9.04. The molecule has 1 atom stereocenters. The molecule has 1 aliphatic rings. The van der Waals surface area contributed by atoms with Gasteiger partial charge in [0.05, 0.1) is 12.6 Å². The van der Waals surface area contributed by atoms with E-state index >= 15 is 0 Å². The molecule has 1 amide bonds. The summed E-state index contributed by atoms with van der Waals surface area (Å²) < 4.78 is 12.5. The number of pyridine rings is 1. The molecule has 0 fully saturated rings. The van der Waals surface area contributed by atoms with E-state index in [0.717, 1.165) is 27.8 Å². The van der Waals surface area contributed by atoms with E-state index in [1.165, 1.54) is 0 Å². The van der Waals surface area contributed by atoms with Gasteiger partial charge in [-0.05, 0) is 42.5 Å². The number of aromatic nitrogens is 1. The highest BCUT2D eigenvalue weighted by Gasteiger charge is 2.24. The second kappa shape index (κ2) is 8.44. The number of nitrogens with zero attached hydrogens (tertiary/aromatic N) is 1. The second-order valence-electron chi connectivity index (χ2n) is 6.52. The Labute approximate surface area is 171 Å². The van der Waals surface area contributed by atoms with Crippen molar-refractivity contribution in [2.24, 2.45) is 0 Å². The number of hydrogen-bond donors (Lipinski definition) is 1. The molecule has 6 heteroatoms. The van der Waals surface area contributed by atoms with Crippen LogP contribution in [0.3, 0.4) is 0 Å². The van der Waals surface area contributed by atoms with Crippen LogP contribution in [-0.4, -0.2) is 17.5 Å². The van der Waals surface area contributed by atoms with E-state index in [1.54, 1.807) is 24.5 Å². The van der Waals surface area contributed by atoms with Gasteiger partial charge in [-0.2, -0.15) is 0 Å². The highest BCUT2D eigenvalue weighted by Crippen LogP contribution is 2.34. The van der Waals surface area contributed by atoms with Crippen molar-refractivity contribution < 1.29 is 14.3 Å². The third-order valence-electron chi connectivity index (χ3n) is 4.54. The molecule has 2 aromatic carbocycles. The monoisotopic (exact) mass is 438 g/mol. The summed E-state index contributed by atoms with van der Waals surface area (Å²) in [5.74, 6) is 1.32. The van der Waals surface area contributed by atoms with Crippen molar-refractivity contribution in [3.05, 3.63) is 88.2 Å². The molecule has 3 aromatic rings. The van der Waals surface area contributed by atoms with Crippen LogP contribution in [0.2, 0.25) is 0 Å². The first-order valence-corrected chi connectivity index (χ1v) is 9.83. The smallest absolute Gasteiger partial charge is 0.251 e. The largest absolute Gasteiger partial charge is 0.493 e. The van der Waals surface area contributed by atoms with Crippen molar-refractivity contribution in [1.29, 1.82) is 0 Å². The van der Waals surface area contributed by atoms with Crippen molar-refractivity contribution in [2.45, 2.75) is 19.1 Å². The third kappa shape index (κ3) is 4.34. The Morgan fingerprint density at radius 1 is 1.21 bits per heavy atom. The van der Waals surface area contributed by atoms with Gasteiger partial charge in [-0.3, -0.25) is 9.78 Å². The predicted molar refractivity (Wildman–Crippen MR) is 109 cm³/mol. The van der Waals surface area contributed by atoms with Gasteiger partial charge < -0.3 is 14.8 Å². The molecule has 1 aromatic heterocycles. The zero-order valence-electron chi connectivity index (χ0n) is 15.1. The molecule has 0 saturated heterocycles. The summed E-state index contributed by atoms with van der Waals surface area (Å²) in [5.41, 5.74) is 2.52. The summed E-state index contributed by atoms with van der Waals surface area (Å²) in [5, 5.41) is 3.11. The number of rotatable bonds is 5. The Balaban J connectivity index is 1.45. The van der Waals surface area contributed by atoms with Gasteiger partial charge in [0.15, 0.2) is 0 Å². The number of fused-ring (bicyclic) bond motifs is 1. The van der Waals surface area contributed by atoms with Crippen LogP contribution in [0.15, 0.2) is 71.5 Å². The first-order chi connectivity index (χ1) is 13.7. The molecular formula is C22H19BrN2O3. The zero-order chi connectivity index (χ0) is 19.3. The first kappa shape index (κ1) is 18.5. The molecule has 1 N–H and O–H groups in total. The average molecular weight is 439 g/mol. The van der Waals surface area contributed by atoms with Crippen LogP contribution in [0.25, 0.3) is 0 Å². The van der Waals surface area contributed by atoms with E-state index in [9.17, 15) is 4.79 Å². The van der Waals surface area contributed by atoms with Crippen molar-refractivity contribution in [1.82, 2.24) is 10.3 Å². The molecule has 142 valence electrons. The fourth-order valence-corrected chi connectivity index (χ4v) is 3.51. The number of benzene rings is 2. The summed E-state index contributed by atoms with van der Waals surface area (Å²) in [7, 11) is 0. The molecule has 0 bridgehead atoms. The lowest BCUT2D eigenvalue weighted by Gasteiger charge is -2.27. The van der Waals surface area contributed by atoms with E-state index in [0.29, 0.717) is 24.5 Å². The minimum Gasteiger partial charge on any atom is -0.493 e. The predicted octanol–water partition coefficient (Wildman–Crippen LogP) is 4.68. The molecule has 1 aliphatic heterocycles. The molecule has 0 radical (unpaired) electrons. The molecule has 0 saturated carbocycles. The van der Waals surface area contributed by atoms with Gasteiger partial charge in [0.2, 0.25) is 0 Å². The van der Waals surface area contributed by atoms with E-state index in [-0.39, 0.29) is 11.9 Å². The SMILES string of the molecule is O=C(NC1CCOc2ccc(Br)cc21)c1cccc(OCc2cccnc2)c1. The van der Waals surface area contributed by atoms with E-state index in [2.05, 4.69) is 26.2 Å². The lowest BCUT2D eigenvalue weighted by Crippen LogP contribution is -2.32. The van der Waals surface area contributed by atoms with Crippen molar-refractivity contribution >= 4 is 21.8 Å². The summed E-state index contributed by atoms with van der Waals surface area (Å²) in [6.45, 7) is 0.980. The fraction of sp³-hybridized carbons (Fsp3) is 0.182. The molecule has 5 nitrogen and oxygen atoms in total. The number of amides is 1. The number of carbonyl (C=O) groups excluding carboxylic acids is 1. The molecule has 0 aliphatic carbocycles. The number of nitrogens with one attached hydrogen (secondary N) is 1. The van der Waals surface area contributed by atoms with Crippen LogP contribution >= 0.6 is 15.9 Å². The highest BCUT2D eigenvalue weighted by molar-refractivity contribution is 9.10. The third-order valence-corrected chi connectivity index (χ3v) is 5.03. The molecular weight excluding hydrogens is 420 g/mol. The minimum absolute atomic E-state index is 0.0892. The van der Waals surface area contributed by atoms with Gasteiger partial charge in [0.1, 0.15) is 18.1 Å². The van der Waals surface area contributed by atoms with Crippen LogP contribution in [-0.2, 0) is 6.61 Å². The Bertz CT molecular complexity index is 979. The number of hydrogen-bond acceptors (Lipinski definition) is 4. The maximum Gasteiger partial charge on any atom is 0.251 e. The van der Waals surface area contributed by atoms with Crippen LogP contribution in [0.5, 0.6) is 11.5 Å². The van der Waals surface area contributed by atoms with Gasteiger partial charge in [-0.1, -0.05) is 28.1 Å². The van der Waals surface area contributed by atoms with Crippen molar-refractivity contribution in [2.75, 3.05) is 6.61 Å². The van der Waals surface area contributed by atoms with Gasteiger partial charge in [0, 0.05) is 40.0 Å². The van der Waals surface area contributed by atoms with Crippen molar-refractivity contribution in [3.63, 3.8) is 0 Å². The summed E-state index contributed by atoms with van der Waals surface area (Å²) in [4.78, 5) is 16.9. The topological polar surface area (TPSA) is 60.5 Å². The van der Waals surface area contributed by atoms with Crippen LogP contribution in [0.1, 0.15) is 33.9 Å². The van der Waals surface area contributed by atoms with Gasteiger partial charge in [0.25, 0.3) is 5.91 Å². The normalized spacial score (nSPS) is 15.2. The molecule has 2 heterocycles. The molecule has 0 spiro atoms. The lowest BCUT2D eigenvalue weighted by atomic mass is 10.00. The van der Waals surface area contributed by atoms with Crippen LogP contribution in [0, 0.1) is 0 Å². The maximum absolute atomic E-state index is 12.8. The lowest BCUT2D eigenvalue weighted by molar-refractivity contribution is 0.0924. The van der Waals surface area contributed by atoms with Crippen LogP contribution in [0.4, 0.5) is 0 Å². The summed E-state index contributed by atoms with van der Waals surface area (Å²) in [6.07, 6.45) is 4.21. The Kier molecular flexibility index (Phi) is 5.58. The average Bonchev–Trinajstić information content (AvgIpc) is 2.73. The number of carbonyl (C=O) groups is 1. The van der Waals surface area contributed by atoms with Crippen molar-refractivity contribution in [3.8, 4) is 11.5 Å². The van der Waals surface area contributed by atoms with E-state index < -0.39 is 0 Å². The fourth-order valence-electron chi connectivity index (χ4n) is 3.13. The Morgan fingerprint density at radius 3 is 3.00 bits per heavy atom. The Hall–Kier alpha value is -2.86. The Morgan fingerprint density at radius 2 is 2.14 bits per heavy atom. The maximum atomic E-state index is 12.8. The summed E-state index contributed by atoms with van der Waals surface area (Å²) in [6, 6.07) is 16.8. The zero-order valence-corrected chi connectivity index (χ0v) is 16.7. The molecule has 28 heavy (non-hydrogen) atoms. The van der Waals surface area contributed by atoms with E-state index in [1.807, 2.05) is 42.5 Å². The minimum atomic E-state index is -0.135. The van der Waals surface area contributed by atoms with Gasteiger partial charge >= 0.3 is 0 Å². The van der Waals surface area contributed by atoms with Gasteiger partial charge in [-0.15, -0.1) is 0 Å². The quantitative estimate of drug-likeness (QED) is 0.628. The van der Waals surface area contributed by atoms with Gasteiger partial charge in [-0.25, -0.2) is 0 Å². The standard InChI is InChI=1S/C22H19BrN2O3/c23-17-6-7-21-19(12-17)20(8-10-27-21)25-22(26)16-4-1-5-18(11-16)28-14-15-3-2-9-24-13-15/h1-7,9,11-13,20H,8,10,14H2,(H,25,26). The molecule has 4 rings (SSSR count). The van der Waals surface area contributed by atoms with Crippen LogP contribution < -0.4 is 14.8 Å². The summed E-state index contributed by atoms with van der Waals surface area (Å²) >= 11 is 3.49. The number of halogens is 1. The highest BCUT2D eigenvalue weighted by atomic mass is 79.9. The molecule has 1 unspecified atom stereocenters. The van der Waals surface area contributed by atoms with E-state index in [4.69, 9.17) is 9.47 Å². The number of ether oxygens (including phenoxy) is 2. The second-order valence-corrected chi connectivity index (χ2v) is 7.44.